The smallest absolute Gasteiger partial charge is 0.179 e. The first-order chi connectivity index (χ1) is 20.8. The van der Waals surface area contributed by atoms with Gasteiger partial charge in [-0.05, 0) is 49.4 Å². The molecule has 198 valence electrons. The summed E-state index contributed by atoms with van der Waals surface area (Å²) in [6, 6.07) is 58.1. The monoisotopic (exact) mass is 569 g/mol. The summed E-state index contributed by atoms with van der Waals surface area (Å²) in [6.07, 6.45) is 2.04. The number of nitrogens with zero attached hydrogens (tertiary/aromatic N) is 1. The fourth-order valence-electron chi connectivity index (χ4n) is 6.59. The predicted octanol–water partition coefficient (Wildman–Crippen LogP) is 7.65. The van der Waals surface area contributed by atoms with Crippen molar-refractivity contribution in [2.45, 2.75) is 0 Å². The summed E-state index contributed by atoms with van der Waals surface area (Å²) < 4.78 is 1.29. The second kappa shape index (κ2) is 10.2. The van der Waals surface area contributed by atoms with Crippen LogP contribution in [0.15, 0.2) is 164 Å². The predicted molar refractivity (Wildman–Crippen MR) is 184 cm³/mol. The molecule has 0 unspecified atom stereocenters. The summed E-state index contributed by atoms with van der Waals surface area (Å²) in [6.45, 7) is 0. The molecular formula is C39H27NSSi. The van der Waals surface area contributed by atoms with Crippen molar-refractivity contribution in [3.05, 3.63) is 164 Å². The quantitative estimate of drug-likeness (QED) is 0.153. The summed E-state index contributed by atoms with van der Waals surface area (Å²) in [5.41, 5.74) is 2.44. The van der Waals surface area contributed by atoms with E-state index in [2.05, 4.69) is 158 Å². The highest BCUT2D eigenvalue weighted by molar-refractivity contribution is 7.25. The van der Waals surface area contributed by atoms with Crippen LogP contribution in [0.1, 0.15) is 0 Å². The molecule has 0 atom stereocenters. The van der Waals surface area contributed by atoms with Crippen LogP contribution in [0.3, 0.4) is 0 Å². The van der Waals surface area contributed by atoms with E-state index in [0.29, 0.717) is 0 Å². The van der Waals surface area contributed by atoms with Crippen molar-refractivity contribution < 1.29 is 0 Å². The lowest BCUT2D eigenvalue weighted by Gasteiger charge is -2.34. The maximum absolute atomic E-state index is 4.88. The van der Waals surface area contributed by atoms with Crippen molar-refractivity contribution in [3.8, 4) is 11.1 Å². The van der Waals surface area contributed by atoms with Crippen molar-refractivity contribution in [1.29, 1.82) is 0 Å². The Balaban J connectivity index is 1.35. The van der Waals surface area contributed by atoms with E-state index >= 15 is 0 Å². The molecule has 0 aliphatic heterocycles. The fourth-order valence-corrected chi connectivity index (χ4v) is 12.4. The van der Waals surface area contributed by atoms with Crippen LogP contribution in [0.5, 0.6) is 0 Å². The van der Waals surface area contributed by atoms with Gasteiger partial charge >= 0.3 is 0 Å². The molecule has 0 N–H and O–H groups in total. The van der Waals surface area contributed by atoms with Gasteiger partial charge in [0.25, 0.3) is 0 Å². The second-order valence-corrected chi connectivity index (χ2v) is 15.6. The highest BCUT2D eigenvalue weighted by Crippen LogP contribution is 2.38. The maximum Gasteiger partial charge on any atom is 0.179 e. The number of rotatable bonds is 5. The minimum Gasteiger partial charge on any atom is -0.245 e. The zero-order valence-corrected chi connectivity index (χ0v) is 24.8. The first-order valence-electron chi connectivity index (χ1n) is 14.3. The topological polar surface area (TPSA) is 12.9 Å². The molecule has 0 saturated heterocycles. The lowest BCUT2D eigenvalue weighted by molar-refractivity contribution is 1.48. The highest BCUT2D eigenvalue weighted by atomic mass is 32.1. The molecule has 1 nitrogen and oxygen atoms in total. The van der Waals surface area contributed by atoms with E-state index in [1.54, 1.807) is 11.3 Å². The number of thiophene rings is 1. The Labute approximate surface area is 250 Å². The van der Waals surface area contributed by atoms with E-state index in [1.165, 1.54) is 58.1 Å². The second-order valence-electron chi connectivity index (χ2n) is 10.8. The molecular weight excluding hydrogens is 543 g/mol. The molecule has 0 amide bonds. The van der Waals surface area contributed by atoms with E-state index in [9.17, 15) is 0 Å². The number of hydrogen-bond donors (Lipinski definition) is 0. The number of pyridine rings is 1. The summed E-state index contributed by atoms with van der Waals surface area (Å²) in [4.78, 5) is 5.98. The maximum atomic E-state index is 4.88. The Morgan fingerprint density at radius 3 is 1.69 bits per heavy atom. The molecule has 0 spiro atoms. The molecule has 0 bridgehead atoms. The standard InChI is InChI=1S/C39H27NSSi/c1-4-14-31(15-5-1)42(32-16-6-2-7-17-32,33-18-8-3-9-19-33)34-20-12-13-28(26-34)29-23-24-35-30(25-29)27-40-39-38(35)36-21-10-11-22-37(36)41-39/h1-27H. The molecule has 2 heterocycles. The Hall–Kier alpha value is -4.83. The SMILES string of the molecule is c1ccc([Si](c2ccccc2)(c2ccccc2)c2cccc(-c3ccc4c(cnc5sc6ccccc6c54)c3)c2)cc1. The molecule has 8 rings (SSSR count). The lowest BCUT2D eigenvalue weighted by atomic mass is 10.0. The van der Waals surface area contributed by atoms with Crippen molar-refractivity contribution in [2.75, 3.05) is 0 Å². The summed E-state index contributed by atoms with van der Waals surface area (Å²) in [5, 5.41) is 10.5. The zero-order valence-electron chi connectivity index (χ0n) is 22.9. The molecule has 42 heavy (non-hydrogen) atoms. The Kier molecular flexibility index (Phi) is 6.06. The lowest BCUT2D eigenvalue weighted by Crippen LogP contribution is -2.74. The van der Waals surface area contributed by atoms with Gasteiger partial charge in [0.05, 0.1) is 0 Å². The highest BCUT2D eigenvalue weighted by Gasteiger charge is 2.41. The van der Waals surface area contributed by atoms with Crippen molar-refractivity contribution >= 4 is 71.2 Å². The Bertz CT molecular complexity index is 2090. The molecule has 0 aliphatic carbocycles. The largest absolute Gasteiger partial charge is 0.245 e. The Morgan fingerprint density at radius 2 is 1.02 bits per heavy atom. The molecule has 0 aliphatic rings. The molecule has 6 aromatic carbocycles. The number of benzene rings is 6. The summed E-state index contributed by atoms with van der Waals surface area (Å²) >= 11 is 1.77. The van der Waals surface area contributed by atoms with Crippen LogP contribution in [0, 0.1) is 0 Å². The van der Waals surface area contributed by atoms with Gasteiger partial charge in [-0.25, -0.2) is 4.98 Å². The van der Waals surface area contributed by atoms with E-state index < -0.39 is 8.07 Å². The van der Waals surface area contributed by atoms with Crippen LogP contribution in [-0.4, -0.2) is 13.1 Å². The van der Waals surface area contributed by atoms with Gasteiger partial charge in [0, 0.05) is 27.1 Å². The molecule has 0 fully saturated rings. The molecule has 2 aromatic heterocycles. The first kappa shape index (κ1) is 24.9. The normalized spacial score (nSPS) is 11.8. The summed E-state index contributed by atoms with van der Waals surface area (Å²) in [5.74, 6) is 0. The average Bonchev–Trinajstić information content (AvgIpc) is 3.46. The van der Waals surface area contributed by atoms with Crippen molar-refractivity contribution in [2.24, 2.45) is 0 Å². The third-order valence-electron chi connectivity index (χ3n) is 8.47. The van der Waals surface area contributed by atoms with Crippen LogP contribution >= 0.6 is 11.3 Å². The number of hydrogen-bond acceptors (Lipinski definition) is 2. The van der Waals surface area contributed by atoms with Gasteiger partial charge in [-0.2, -0.15) is 0 Å². The van der Waals surface area contributed by atoms with Crippen molar-refractivity contribution in [3.63, 3.8) is 0 Å². The minimum absolute atomic E-state index is 1.10. The summed E-state index contributed by atoms with van der Waals surface area (Å²) in [7, 11) is -2.59. The molecule has 0 radical (unpaired) electrons. The van der Waals surface area contributed by atoms with E-state index in [1.807, 2.05) is 6.20 Å². The fraction of sp³-hybridized carbons (Fsp3) is 0. The first-order valence-corrected chi connectivity index (χ1v) is 17.1. The van der Waals surface area contributed by atoms with Crippen molar-refractivity contribution in [1.82, 2.24) is 4.98 Å². The third kappa shape index (κ3) is 3.93. The van der Waals surface area contributed by atoms with Gasteiger partial charge in [-0.3, -0.25) is 0 Å². The van der Waals surface area contributed by atoms with Gasteiger partial charge in [0.2, 0.25) is 0 Å². The van der Waals surface area contributed by atoms with Crippen LogP contribution in [0.4, 0.5) is 0 Å². The van der Waals surface area contributed by atoms with Crippen LogP contribution < -0.4 is 20.7 Å². The zero-order chi connectivity index (χ0) is 27.9. The molecule has 0 saturated carbocycles. The number of fused-ring (bicyclic) bond motifs is 5. The third-order valence-corrected chi connectivity index (χ3v) is 14.3. The minimum atomic E-state index is -2.59. The van der Waals surface area contributed by atoms with Crippen LogP contribution in [0.25, 0.3) is 42.2 Å². The van der Waals surface area contributed by atoms with Gasteiger partial charge in [-0.15, -0.1) is 11.3 Å². The molecule has 8 aromatic rings. The van der Waals surface area contributed by atoms with E-state index in [-0.39, 0.29) is 0 Å². The van der Waals surface area contributed by atoms with Gasteiger partial charge < -0.3 is 0 Å². The van der Waals surface area contributed by atoms with Gasteiger partial charge in [0.1, 0.15) is 4.83 Å². The average molecular weight is 570 g/mol. The van der Waals surface area contributed by atoms with E-state index in [4.69, 9.17) is 4.98 Å². The van der Waals surface area contributed by atoms with Crippen LogP contribution in [0.2, 0.25) is 0 Å². The Morgan fingerprint density at radius 1 is 0.452 bits per heavy atom. The molecule has 3 heteroatoms. The van der Waals surface area contributed by atoms with Gasteiger partial charge in [0.15, 0.2) is 8.07 Å². The van der Waals surface area contributed by atoms with E-state index in [0.717, 1.165) is 4.83 Å². The van der Waals surface area contributed by atoms with Gasteiger partial charge in [-0.1, -0.05) is 146 Å². The number of aromatic nitrogens is 1. The van der Waals surface area contributed by atoms with Crippen LogP contribution in [-0.2, 0) is 0 Å².